The number of rotatable bonds is 7. The lowest BCUT2D eigenvalue weighted by Crippen LogP contribution is -3.26. The van der Waals surface area contributed by atoms with Crippen LogP contribution in [0.5, 0.6) is 0 Å². The Morgan fingerprint density at radius 1 is 1.26 bits per heavy atom. The van der Waals surface area contributed by atoms with Gasteiger partial charge in [0.1, 0.15) is 32.7 Å². The summed E-state index contributed by atoms with van der Waals surface area (Å²) in [7, 11) is 3.98. The molecule has 1 aromatic carbocycles. The Morgan fingerprint density at radius 3 is 2.62 bits per heavy atom. The lowest BCUT2D eigenvalue weighted by molar-refractivity contribution is -1.01. The summed E-state index contributed by atoms with van der Waals surface area (Å²) in [6, 6.07) is 7.97. The van der Waals surface area contributed by atoms with Crippen LogP contribution >= 0.6 is 11.3 Å². The van der Waals surface area contributed by atoms with Gasteiger partial charge in [-0.05, 0) is 48.6 Å². The van der Waals surface area contributed by atoms with Crippen LogP contribution in [0.4, 0.5) is 5.13 Å². The molecule has 0 bridgehead atoms. The van der Waals surface area contributed by atoms with Gasteiger partial charge in [-0.15, -0.1) is 17.8 Å². The Hall–Kier alpha value is -2.77. The van der Waals surface area contributed by atoms with Crippen molar-refractivity contribution in [3.8, 4) is 12.3 Å². The highest BCUT2D eigenvalue weighted by molar-refractivity contribution is 7.15. The molecule has 2 fully saturated rings. The van der Waals surface area contributed by atoms with Crippen LogP contribution in [-0.2, 0) is 17.8 Å². The fraction of sp³-hybridized carbons (Fsp3) is 0.606. The number of amides is 2. The number of hydrogen-bond acceptors (Lipinski definition) is 5. The number of benzene rings is 1. The van der Waals surface area contributed by atoms with E-state index in [9.17, 15) is 14.7 Å². The number of carbonyl (C=O) groups is 2. The number of aliphatic hydroxyl groups is 1. The Bertz CT molecular complexity index is 1330. The zero-order valence-corrected chi connectivity index (χ0v) is 26.5. The fourth-order valence-electron chi connectivity index (χ4n) is 7.78. The number of fused-ring (bicyclic) bond motifs is 2. The number of likely N-dealkylation sites (N-methyl/N-ethyl adjacent to an activating group) is 1. The van der Waals surface area contributed by atoms with Gasteiger partial charge in [-0.2, -0.15) is 0 Å². The molecule has 8 nitrogen and oxygen atoms in total. The summed E-state index contributed by atoms with van der Waals surface area (Å²) in [6.45, 7) is 12.3. The van der Waals surface area contributed by atoms with E-state index in [4.69, 9.17) is 11.4 Å². The first kappa shape index (κ1) is 30.7. The molecule has 0 unspecified atom stereocenters. The zero-order valence-electron chi connectivity index (χ0n) is 25.7. The molecule has 3 aliphatic rings. The lowest BCUT2D eigenvalue weighted by atomic mass is 9.53. The van der Waals surface area contributed by atoms with Crippen LogP contribution in [0.25, 0.3) is 0 Å². The summed E-state index contributed by atoms with van der Waals surface area (Å²) in [5, 5.41) is 15.3. The van der Waals surface area contributed by atoms with E-state index in [1.165, 1.54) is 36.6 Å². The van der Waals surface area contributed by atoms with Gasteiger partial charge in [-0.1, -0.05) is 38.8 Å². The van der Waals surface area contributed by atoms with E-state index >= 15 is 0 Å². The predicted molar refractivity (Wildman–Crippen MR) is 166 cm³/mol. The molecule has 2 heterocycles. The summed E-state index contributed by atoms with van der Waals surface area (Å²) in [4.78, 5) is 37.0. The number of aromatic nitrogens is 1. The third-order valence-electron chi connectivity index (χ3n) is 10.4. The van der Waals surface area contributed by atoms with Crippen molar-refractivity contribution in [1.82, 2.24) is 9.88 Å². The Balaban J connectivity index is 1.25. The average Bonchev–Trinajstić information content (AvgIpc) is 3.35. The van der Waals surface area contributed by atoms with Crippen LogP contribution < -0.4 is 15.1 Å². The number of carbonyl (C=O) groups excluding carboxylic acids is 2. The molecule has 4 N–H and O–H groups in total. The molecule has 6 atom stereocenters. The topological polar surface area (TPSA) is 91.4 Å². The number of terminal acetylenes is 1. The number of nitrogens with one attached hydrogen (secondary N) is 3. The number of quaternary nitrogens is 2. The minimum absolute atomic E-state index is 0.0148. The molecule has 2 aliphatic carbocycles. The minimum Gasteiger partial charge on any atom is -0.392 e. The second-order valence-electron chi connectivity index (χ2n) is 13.4. The summed E-state index contributed by atoms with van der Waals surface area (Å²) in [6.07, 6.45) is 7.35. The monoisotopic (exact) mass is 593 g/mol. The molecule has 1 aromatic heterocycles. The number of piperazine rings is 1. The van der Waals surface area contributed by atoms with E-state index in [0.717, 1.165) is 31.5 Å². The second-order valence-corrected chi connectivity index (χ2v) is 14.5. The van der Waals surface area contributed by atoms with Crippen molar-refractivity contribution in [2.45, 2.75) is 58.6 Å². The van der Waals surface area contributed by atoms with Crippen molar-refractivity contribution < 1.29 is 24.5 Å². The molecule has 1 saturated heterocycles. The van der Waals surface area contributed by atoms with Crippen LogP contribution in [-0.4, -0.2) is 79.7 Å². The number of hydrogen-bond donors (Lipinski definition) is 4. The van der Waals surface area contributed by atoms with E-state index in [2.05, 4.69) is 44.3 Å². The number of anilines is 1. The number of aliphatic hydroxyl groups excluding tert-OH is 1. The summed E-state index contributed by atoms with van der Waals surface area (Å²) >= 11 is 1.56. The van der Waals surface area contributed by atoms with E-state index in [0.29, 0.717) is 10.7 Å². The molecule has 2 amide bonds. The summed E-state index contributed by atoms with van der Waals surface area (Å²) in [5.41, 5.74) is 2.76. The largest absolute Gasteiger partial charge is 0.392 e. The Morgan fingerprint density at radius 2 is 1.95 bits per heavy atom. The van der Waals surface area contributed by atoms with Crippen LogP contribution in [0.3, 0.4) is 0 Å². The van der Waals surface area contributed by atoms with Crippen molar-refractivity contribution >= 4 is 28.3 Å². The molecule has 42 heavy (non-hydrogen) atoms. The normalized spacial score (nSPS) is 31.3. The smallest absolute Gasteiger partial charge is 0.257 e. The van der Waals surface area contributed by atoms with Gasteiger partial charge in [0.25, 0.3) is 5.91 Å². The zero-order chi connectivity index (χ0) is 30.2. The first-order chi connectivity index (χ1) is 20.0. The van der Waals surface area contributed by atoms with Gasteiger partial charge in [0, 0.05) is 34.9 Å². The van der Waals surface area contributed by atoms with Crippen LogP contribution in [0.15, 0.2) is 24.3 Å². The summed E-state index contributed by atoms with van der Waals surface area (Å²) in [5.74, 6) is 1.94. The molecule has 1 saturated carbocycles. The van der Waals surface area contributed by atoms with Gasteiger partial charge in [0.05, 0.1) is 25.4 Å². The maximum atomic E-state index is 13.2. The average molecular weight is 594 g/mol. The summed E-state index contributed by atoms with van der Waals surface area (Å²) < 4.78 is 0. The van der Waals surface area contributed by atoms with Crippen molar-refractivity contribution in [2.24, 2.45) is 23.2 Å². The van der Waals surface area contributed by atoms with Crippen LogP contribution in [0.2, 0.25) is 0 Å². The number of nitrogens with zero attached hydrogens (tertiary/aromatic N) is 2. The van der Waals surface area contributed by atoms with Crippen molar-refractivity contribution in [1.29, 1.82) is 0 Å². The molecule has 2 aromatic rings. The van der Waals surface area contributed by atoms with Gasteiger partial charge >= 0.3 is 0 Å². The molecule has 9 heteroatoms. The SMILES string of the molecule is C#CCN(C)C(=O)[C@@H](C)[C@H]1CC[C@@]2(C)Cc3sc(NC(=O)c4ccc(C[NH+]5CC[NH+](C)CC5)cc4)nc3[C@@H](C)[C@@H]2[C@H]1O. The standard InChI is InChI=1S/C33H45N5O3S/c1-7-14-37(6)31(41)21(2)25-12-13-33(4)19-26-28(22(3)27(33)29(25)39)34-32(42-26)35-30(40)24-10-8-23(9-11-24)20-38-17-15-36(5)16-18-38/h1,8-11,21-22,25,27,29,39H,12-20H2,2-6H3,(H,34,35,40)/p+2/t21-,22-,25+,27+,29-,33-/m0/s1. The van der Waals surface area contributed by atoms with E-state index in [1.54, 1.807) is 33.1 Å². The molecule has 226 valence electrons. The lowest BCUT2D eigenvalue weighted by Gasteiger charge is -2.53. The predicted octanol–water partition coefficient (Wildman–Crippen LogP) is 1.09. The van der Waals surface area contributed by atoms with E-state index < -0.39 is 6.10 Å². The highest BCUT2D eigenvalue weighted by Gasteiger charge is 2.54. The fourth-order valence-corrected chi connectivity index (χ4v) is 9.04. The molecular formula is C33H47N5O3S+2. The maximum Gasteiger partial charge on any atom is 0.257 e. The third-order valence-corrected chi connectivity index (χ3v) is 11.3. The first-order valence-corrected chi connectivity index (χ1v) is 16.2. The quantitative estimate of drug-likeness (QED) is 0.362. The number of thiazole rings is 1. The van der Waals surface area contributed by atoms with E-state index in [-0.39, 0.29) is 47.4 Å². The van der Waals surface area contributed by atoms with Crippen molar-refractivity contribution in [2.75, 3.05) is 52.1 Å². The first-order valence-electron chi connectivity index (χ1n) is 15.4. The maximum absolute atomic E-state index is 13.2. The Labute approximate surface area is 254 Å². The van der Waals surface area contributed by atoms with Gasteiger partial charge < -0.3 is 19.8 Å². The van der Waals surface area contributed by atoms with Gasteiger partial charge in [0.2, 0.25) is 5.91 Å². The van der Waals surface area contributed by atoms with E-state index in [1.807, 2.05) is 19.1 Å². The van der Waals surface area contributed by atoms with Gasteiger partial charge in [-0.25, -0.2) is 4.98 Å². The molecule has 1 aliphatic heterocycles. The van der Waals surface area contributed by atoms with Crippen molar-refractivity contribution in [3.63, 3.8) is 0 Å². The molecule has 0 spiro atoms. The molecule has 5 rings (SSSR count). The highest BCUT2D eigenvalue weighted by atomic mass is 32.1. The van der Waals surface area contributed by atoms with Crippen LogP contribution in [0.1, 0.15) is 66.0 Å². The molecule has 0 radical (unpaired) electrons. The third kappa shape index (κ3) is 6.14. The highest BCUT2D eigenvalue weighted by Crippen LogP contribution is 2.57. The minimum atomic E-state index is -0.614. The van der Waals surface area contributed by atoms with Gasteiger partial charge in [-0.3, -0.25) is 14.9 Å². The molecular weight excluding hydrogens is 546 g/mol. The Kier molecular flexibility index (Phi) is 9.10. The van der Waals surface area contributed by atoms with Gasteiger partial charge in [0.15, 0.2) is 5.13 Å². The second kappa shape index (κ2) is 12.5. The van der Waals surface area contributed by atoms with Crippen LogP contribution in [0, 0.1) is 35.5 Å². The van der Waals surface area contributed by atoms with Crippen molar-refractivity contribution in [3.05, 3.63) is 46.0 Å².